The minimum Gasteiger partial charge on any atom is -0.497 e. The van der Waals surface area contributed by atoms with Crippen molar-refractivity contribution >= 4 is 22.5 Å². The number of aromatic nitrogens is 2. The average Bonchev–Trinajstić information content (AvgIpc) is 3.13. The molecule has 1 aliphatic rings. The number of H-pyrrole nitrogens is 1. The lowest BCUT2D eigenvalue weighted by molar-refractivity contribution is -0.125. The molecule has 146 valence electrons. The fourth-order valence-corrected chi connectivity index (χ4v) is 3.65. The number of hydrogen-bond donors (Lipinski definition) is 1. The Morgan fingerprint density at radius 2 is 1.79 bits per heavy atom. The standard InChI is InChI=1S/C21H24N4O3/c1-14-21(26)25(15-4-6-16(27-2)7-5-15)11-10-24(14)13-20-18-9-8-17(28-3)12-19(18)22-23-20/h4-9,12,14H,10-11,13H2,1-3H3,(H,22,23)/t14-/m0/s1. The number of ether oxygens (including phenoxy) is 2. The van der Waals surface area contributed by atoms with Crippen molar-refractivity contribution in [1.82, 2.24) is 15.1 Å². The van der Waals surface area contributed by atoms with Gasteiger partial charge in [-0.1, -0.05) is 0 Å². The molecule has 0 unspecified atom stereocenters. The number of hydrogen-bond acceptors (Lipinski definition) is 5. The van der Waals surface area contributed by atoms with E-state index in [2.05, 4.69) is 15.1 Å². The first-order valence-corrected chi connectivity index (χ1v) is 9.31. The number of amides is 1. The van der Waals surface area contributed by atoms with Crippen LogP contribution in [0.2, 0.25) is 0 Å². The highest BCUT2D eigenvalue weighted by Gasteiger charge is 2.32. The highest BCUT2D eigenvalue weighted by Crippen LogP contribution is 2.26. The number of methoxy groups -OCH3 is 2. The molecule has 1 saturated heterocycles. The van der Waals surface area contributed by atoms with Gasteiger partial charge in [0.1, 0.15) is 11.5 Å². The molecule has 0 radical (unpaired) electrons. The Labute approximate surface area is 163 Å². The summed E-state index contributed by atoms with van der Waals surface area (Å²) in [6, 6.07) is 13.2. The predicted octanol–water partition coefficient (Wildman–Crippen LogP) is 2.82. The lowest BCUT2D eigenvalue weighted by Gasteiger charge is -2.39. The Morgan fingerprint density at radius 3 is 2.50 bits per heavy atom. The van der Waals surface area contributed by atoms with Crippen molar-refractivity contribution in [3.8, 4) is 11.5 Å². The predicted molar refractivity (Wildman–Crippen MR) is 108 cm³/mol. The molecule has 3 aromatic rings. The van der Waals surface area contributed by atoms with Crippen molar-refractivity contribution in [3.63, 3.8) is 0 Å². The number of nitrogens with one attached hydrogen (secondary N) is 1. The maximum absolute atomic E-state index is 13.0. The van der Waals surface area contributed by atoms with Gasteiger partial charge in [0, 0.05) is 36.8 Å². The lowest BCUT2D eigenvalue weighted by Crippen LogP contribution is -2.55. The van der Waals surface area contributed by atoms with Gasteiger partial charge in [-0.15, -0.1) is 0 Å². The number of fused-ring (bicyclic) bond motifs is 1. The van der Waals surface area contributed by atoms with E-state index in [9.17, 15) is 4.79 Å². The maximum Gasteiger partial charge on any atom is 0.244 e. The molecule has 2 aromatic carbocycles. The summed E-state index contributed by atoms with van der Waals surface area (Å²) in [4.78, 5) is 17.0. The zero-order chi connectivity index (χ0) is 19.7. The molecule has 0 bridgehead atoms. The maximum atomic E-state index is 13.0. The van der Waals surface area contributed by atoms with E-state index in [1.54, 1.807) is 14.2 Å². The molecule has 0 aliphatic carbocycles. The van der Waals surface area contributed by atoms with Crippen molar-refractivity contribution in [1.29, 1.82) is 0 Å². The van der Waals surface area contributed by atoms with Crippen LogP contribution in [0.15, 0.2) is 42.5 Å². The SMILES string of the molecule is COc1ccc(N2CCN(Cc3[nH]nc4cc(OC)ccc34)[C@@H](C)C2=O)cc1. The van der Waals surface area contributed by atoms with Crippen LogP contribution >= 0.6 is 0 Å². The summed E-state index contributed by atoms with van der Waals surface area (Å²) in [7, 11) is 3.28. The number of carbonyl (C=O) groups excluding carboxylic acids is 1. The summed E-state index contributed by atoms with van der Waals surface area (Å²) in [5.74, 6) is 1.66. The first kappa shape index (κ1) is 18.3. The molecule has 1 aliphatic heterocycles. The third-order valence-electron chi connectivity index (χ3n) is 5.37. The largest absolute Gasteiger partial charge is 0.497 e. The highest BCUT2D eigenvalue weighted by molar-refractivity contribution is 5.97. The zero-order valence-electron chi connectivity index (χ0n) is 16.3. The van der Waals surface area contributed by atoms with Gasteiger partial charge in [0.25, 0.3) is 0 Å². The van der Waals surface area contributed by atoms with E-state index in [1.807, 2.05) is 54.3 Å². The molecule has 0 saturated carbocycles. The molecule has 1 amide bonds. The Balaban J connectivity index is 1.50. The summed E-state index contributed by atoms with van der Waals surface area (Å²) in [6.07, 6.45) is 0. The first-order chi connectivity index (χ1) is 13.6. The Hall–Kier alpha value is -3.06. The second-order valence-corrected chi connectivity index (χ2v) is 6.92. The number of anilines is 1. The van der Waals surface area contributed by atoms with Crippen molar-refractivity contribution in [2.24, 2.45) is 0 Å². The quantitative estimate of drug-likeness (QED) is 0.737. The molecule has 1 fully saturated rings. The minimum absolute atomic E-state index is 0.0990. The summed E-state index contributed by atoms with van der Waals surface area (Å²) >= 11 is 0. The van der Waals surface area contributed by atoms with Crippen molar-refractivity contribution < 1.29 is 14.3 Å². The highest BCUT2D eigenvalue weighted by atomic mass is 16.5. The van der Waals surface area contributed by atoms with E-state index in [4.69, 9.17) is 9.47 Å². The van der Waals surface area contributed by atoms with Crippen LogP contribution in [0.1, 0.15) is 12.6 Å². The van der Waals surface area contributed by atoms with Crippen LogP contribution in [0.3, 0.4) is 0 Å². The Bertz CT molecular complexity index is 983. The van der Waals surface area contributed by atoms with Gasteiger partial charge >= 0.3 is 0 Å². The summed E-state index contributed by atoms with van der Waals surface area (Å²) in [5, 5.41) is 8.55. The lowest BCUT2D eigenvalue weighted by atomic mass is 10.1. The van der Waals surface area contributed by atoms with Crippen LogP contribution in [-0.4, -0.2) is 54.4 Å². The number of carbonyl (C=O) groups is 1. The second kappa shape index (κ2) is 7.52. The molecule has 7 heteroatoms. The van der Waals surface area contributed by atoms with Gasteiger partial charge in [-0.3, -0.25) is 14.8 Å². The van der Waals surface area contributed by atoms with Crippen molar-refractivity contribution in [3.05, 3.63) is 48.2 Å². The Morgan fingerprint density at radius 1 is 1.07 bits per heavy atom. The van der Waals surface area contributed by atoms with Crippen LogP contribution in [0.4, 0.5) is 5.69 Å². The molecule has 7 nitrogen and oxygen atoms in total. The number of benzene rings is 2. The van der Waals surface area contributed by atoms with Gasteiger partial charge in [-0.25, -0.2) is 0 Å². The van der Waals surface area contributed by atoms with Crippen molar-refractivity contribution in [2.45, 2.75) is 19.5 Å². The van der Waals surface area contributed by atoms with E-state index >= 15 is 0 Å². The van der Waals surface area contributed by atoms with Gasteiger partial charge in [-0.05, 0) is 43.3 Å². The third kappa shape index (κ3) is 3.29. The van der Waals surface area contributed by atoms with E-state index in [0.29, 0.717) is 13.1 Å². The summed E-state index contributed by atoms with van der Waals surface area (Å²) < 4.78 is 10.5. The van der Waals surface area contributed by atoms with E-state index in [0.717, 1.165) is 40.3 Å². The monoisotopic (exact) mass is 380 g/mol. The topological polar surface area (TPSA) is 70.7 Å². The second-order valence-electron chi connectivity index (χ2n) is 6.92. The molecule has 28 heavy (non-hydrogen) atoms. The van der Waals surface area contributed by atoms with Crippen LogP contribution in [0.25, 0.3) is 10.9 Å². The van der Waals surface area contributed by atoms with Crippen LogP contribution < -0.4 is 14.4 Å². The molecular formula is C21H24N4O3. The molecule has 1 aromatic heterocycles. The number of piperazine rings is 1. The van der Waals surface area contributed by atoms with Gasteiger partial charge in [0.15, 0.2) is 0 Å². The van der Waals surface area contributed by atoms with Crippen LogP contribution in [0, 0.1) is 0 Å². The van der Waals surface area contributed by atoms with Gasteiger partial charge in [-0.2, -0.15) is 5.10 Å². The van der Waals surface area contributed by atoms with Gasteiger partial charge in [0.2, 0.25) is 5.91 Å². The summed E-state index contributed by atoms with van der Waals surface area (Å²) in [6.45, 7) is 4.04. The van der Waals surface area contributed by atoms with Crippen LogP contribution in [-0.2, 0) is 11.3 Å². The van der Waals surface area contributed by atoms with E-state index in [-0.39, 0.29) is 11.9 Å². The van der Waals surface area contributed by atoms with Gasteiger partial charge < -0.3 is 14.4 Å². The van der Waals surface area contributed by atoms with Crippen LogP contribution in [0.5, 0.6) is 11.5 Å². The fourth-order valence-electron chi connectivity index (χ4n) is 3.65. The smallest absolute Gasteiger partial charge is 0.244 e. The number of aromatic amines is 1. The minimum atomic E-state index is -0.215. The molecular weight excluding hydrogens is 356 g/mol. The molecule has 1 N–H and O–H groups in total. The molecule has 0 spiro atoms. The first-order valence-electron chi connectivity index (χ1n) is 9.31. The van der Waals surface area contributed by atoms with Crippen molar-refractivity contribution in [2.75, 3.05) is 32.2 Å². The fraction of sp³-hybridized carbons (Fsp3) is 0.333. The van der Waals surface area contributed by atoms with E-state index in [1.165, 1.54) is 0 Å². The normalized spacial score (nSPS) is 17.9. The average molecular weight is 380 g/mol. The molecule has 2 heterocycles. The number of nitrogens with zero attached hydrogens (tertiary/aromatic N) is 3. The van der Waals surface area contributed by atoms with E-state index < -0.39 is 0 Å². The third-order valence-corrected chi connectivity index (χ3v) is 5.37. The molecule has 4 rings (SSSR count). The zero-order valence-corrected chi connectivity index (χ0v) is 16.3. The molecule has 1 atom stereocenters. The van der Waals surface area contributed by atoms with Gasteiger partial charge in [0.05, 0.1) is 31.5 Å². The number of rotatable bonds is 5. The summed E-state index contributed by atoms with van der Waals surface area (Å²) in [5.41, 5.74) is 2.77. The Kier molecular flexibility index (Phi) is 4.92.